The Morgan fingerprint density at radius 1 is 1.46 bits per heavy atom. The van der Waals surface area contributed by atoms with Gasteiger partial charge in [0, 0.05) is 10.9 Å². The molecule has 1 N–H and O–H groups in total. The van der Waals surface area contributed by atoms with Crippen molar-refractivity contribution in [3.63, 3.8) is 0 Å². The minimum absolute atomic E-state index is 0.0276. The molecule has 2 aromatic rings. The van der Waals surface area contributed by atoms with Crippen LogP contribution in [-0.2, 0) is 24.2 Å². The molecule has 1 aliphatic rings. The Bertz CT molecular complexity index is 822. The van der Waals surface area contributed by atoms with Crippen molar-refractivity contribution in [2.24, 2.45) is 11.8 Å². The highest BCUT2D eigenvalue weighted by molar-refractivity contribution is 7.18. The molecule has 2 heterocycles. The van der Waals surface area contributed by atoms with Crippen molar-refractivity contribution in [2.75, 3.05) is 0 Å². The quantitative estimate of drug-likeness (QED) is 0.925. The van der Waals surface area contributed by atoms with Gasteiger partial charge in [-0.15, -0.1) is 11.3 Å². The average Bonchev–Trinajstić information content (AvgIpc) is 2.87. The Kier molecular flexibility index (Phi) is 4.76. The van der Waals surface area contributed by atoms with Crippen molar-refractivity contribution in [3.05, 3.63) is 27.1 Å². The van der Waals surface area contributed by atoms with Crippen molar-refractivity contribution in [3.8, 4) is 0 Å². The van der Waals surface area contributed by atoms with E-state index in [0.717, 1.165) is 35.0 Å². The van der Waals surface area contributed by atoms with Crippen LogP contribution in [0.4, 0.5) is 0 Å². The highest BCUT2D eigenvalue weighted by Crippen LogP contribution is 2.35. The molecule has 1 amide bonds. The standard InChI is InChI=1S/C18H25N3O2S/c1-10(2)12(4)20-15(22)8-21-9-19-17-16(18(21)23)13-6-5-11(3)7-14(13)24-17/h9-12H,5-8H2,1-4H3,(H,20,22)/t11-,12+/m0/s1. The lowest BCUT2D eigenvalue weighted by atomic mass is 9.89. The smallest absolute Gasteiger partial charge is 0.262 e. The van der Waals surface area contributed by atoms with E-state index in [2.05, 4.69) is 31.1 Å². The van der Waals surface area contributed by atoms with Gasteiger partial charge in [0.1, 0.15) is 11.4 Å². The predicted molar refractivity (Wildman–Crippen MR) is 97.5 cm³/mol. The number of nitrogens with one attached hydrogen (secondary N) is 1. The maximum Gasteiger partial charge on any atom is 0.262 e. The molecule has 1 aliphatic carbocycles. The number of thiophene rings is 1. The molecule has 0 bridgehead atoms. The first kappa shape index (κ1) is 17.1. The molecule has 6 heteroatoms. The Labute approximate surface area is 146 Å². The zero-order valence-corrected chi connectivity index (χ0v) is 15.6. The fourth-order valence-corrected chi connectivity index (χ4v) is 4.44. The van der Waals surface area contributed by atoms with E-state index in [9.17, 15) is 9.59 Å². The van der Waals surface area contributed by atoms with Crippen molar-refractivity contribution < 1.29 is 4.79 Å². The maximum absolute atomic E-state index is 12.8. The molecule has 0 fully saturated rings. The first-order valence-corrected chi connectivity index (χ1v) is 9.47. The lowest BCUT2D eigenvalue weighted by Crippen LogP contribution is -2.39. The summed E-state index contributed by atoms with van der Waals surface area (Å²) in [7, 11) is 0. The van der Waals surface area contributed by atoms with Gasteiger partial charge in [0.15, 0.2) is 0 Å². The second-order valence-corrected chi connectivity index (χ2v) is 8.39. The van der Waals surface area contributed by atoms with Gasteiger partial charge in [-0.3, -0.25) is 14.2 Å². The molecule has 5 nitrogen and oxygen atoms in total. The molecule has 24 heavy (non-hydrogen) atoms. The lowest BCUT2D eigenvalue weighted by Gasteiger charge is -2.18. The molecule has 0 saturated heterocycles. The Hall–Kier alpha value is -1.69. The summed E-state index contributed by atoms with van der Waals surface area (Å²) in [5, 5.41) is 3.67. The Morgan fingerprint density at radius 3 is 2.92 bits per heavy atom. The van der Waals surface area contributed by atoms with Gasteiger partial charge in [-0.05, 0) is 43.6 Å². The number of carbonyl (C=O) groups is 1. The van der Waals surface area contributed by atoms with Crippen LogP contribution >= 0.6 is 11.3 Å². The number of aryl methyl sites for hydroxylation is 1. The van der Waals surface area contributed by atoms with Crippen LogP contribution in [0.3, 0.4) is 0 Å². The molecule has 0 unspecified atom stereocenters. The number of rotatable bonds is 4. The summed E-state index contributed by atoms with van der Waals surface area (Å²) in [5.74, 6) is 0.880. The SMILES string of the molecule is CC(C)[C@@H](C)NC(=O)Cn1cnc2sc3c(c2c1=O)CC[C@H](C)C3. The molecule has 0 aliphatic heterocycles. The van der Waals surface area contributed by atoms with Crippen LogP contribution in [0, 0.1) is 11.8 Å². The highest BCUT2D eigenvalue weighted by Gasteiger charge is 2.23. The first-order chi connectivity index (χ1) is 11.4. The monoisotopic (exact) mass is 347 g/mol. The number of hydrogen-bond donors (Lipinski definition) is 1. The van der Waals surface area contributed by atoms with Gasteiger partial charge in [-0.25, -0.2) is 4.98 Å². The zero-order valence-electron chi connectivity index (χ0n) is 14.8. The minimum Gasteiger partial charge on any atom is -0.352 e. The van der Waals surface area contributed by atoms with Crippen LogP contribution in [0.15, 0.2) is 11.1 Å². The van der Waals surface area contributed by atoms with E-state index in [1.54, 1.807) is 11.3 Å². The Morgan fingerprint density at radius 2 is 2.21 bits per heavy atom. The molecule has 0 spiro atoms. The summed E-state index contributed by atoms with van der Waals surface area (Å²) in [6.45, 7) is 8.37. The number of hydrogen-bond acceptors (Lipinski definition) is 4. The van der Waals surface area contributed by atoms with Crippen molar-refractivity contribution in [1.82, 2.24) is 14.9 Å². The molecule has 2 atom stereocenters. The van der Waals surface area contributed by atoms with E-state index in [-0.39, 0.29) is 24.1 Å². The summed E-state index contributed by atoms with van der Waals surface area (Å²) in [5.41, 5.74) is 1.08. The fraction of sp³-hybridized carbons (Fsp3) is 0.611. The third-order valence-corrected chi connectivity index (χ3v) is 6.15. The minimum atomic E-state index is -0.142. The molecular formula is C18H25N3O2S. The van der Waals surface area contributed by atoms with Gasteiger partial charge in [0.25, 0.3) is 5.56 Å². The van der Waals surface area contributed by atoms with Gasteiger partial charge >= 0.3 is 0 Å². The molecule has 2 aromatic heterocycles. The van der Waals surface area contributed by atoms with E-state index in [1.807, 2.05) is 6.92 Å². The van der Waals surface area contributed by atoms with Gasteiger partial charge < -0.3 is 5.32 Å². The van der Waals surface area contributed by atoms with Crippen LogP contribution < -0.4 is 10.9 Å². The second-order valence-electron chi connectivity index (χ2n) is 7.31. The fourth-order valence-electron chi connectivity index (χ4n) is 3.10. The van der Waals surface area contributed by atoms with Crippen LogP contribution in [0.2, 0.25) is 0 Å². The number of fused-ring (bicyclic) bond motifs is 3. The summed E-state index contributed by atoms with van der Waals surface area (Å²) in [4.78, 5) is 31.6. The van der Waals surface area contributed by atoms with E-state index < -0.39 is 0 Å². The zero-order chi connectivity index (χ0) is 17.4. The van der Waals surface area contributed by atoms with Gasteiger partial charge in [-0.1, -0.05) is 20.8 Å². The average molecular weight is 347 g/mol. The molecular weight excluding hydrogens is 322 g/mol. The van der Waals surface area contributed by atoms with Crippen molar-refractivity contribution in [1.29, 1.82) is 0 Å². The highest BCUT2D eigenvalue weighted by atomic mass is 32.1. The van der Waals surface area contributed by atoms with Gasteiger partial charge in [-0.2, -0.15) is 0 Å². The van der Waals surface area contributed by atoms with Crippen LogP contribution in [0.1, 0.15) is 44.6 Å². The van der Waals surface area contributed by atoms with Gasteiger partial charge in [0.05, 0.1) is 11.7 Å². The number of amides is 1. The van der Waals surface area contributed by atoms with Crippen LogP contribution in [0.5, 0.6) is 0 Å². The van der Waals surface area contributed by atoms with Crippen LogP contribution in [-0.4, -0.2) is 21.5 Å². The van der Waals surface area contributed by atoms with Crippen LogP contribution in [0.25, 0.3) is 10.2 Å². The van der Waals surface area contributed by atoms with E-state index in [1.165, 1.54) is 15.8 Å². The summed E-state index contributed by atoms with van der Waals surface area (Å²) < 4.78 is 1.44. The summed E-state index contributed by atoms with van der Waals surface area (Å²) >= 11 is 1.63. The number of aromatic nitrogens is 2. The number of nitrogens with zero attached hydrogens (tertiary/aromatic N) is 2. The maximum atomic E-state index is 12.8. The topological polar surface area (TPSA) is 64.0 Å². The molecule has 0 radical (unpaired) electrons. The third kappa shape index (κ3) is 3.24. The molecule has 0 saturated carbocycles. The summed E-state index contributed by atoms with van der Waals surface area (Å²) in [6.07, 6.45) is 4.59. The predicted octanol–water partition coefficient (Wildman–Crippen LogP) is 2.74. The van der Waals surface area contributed by atoms with E-state index >= 15 is 0 Å². The molecule has 3 rings (SSSR count). The molecule has 0 aromatic carbocycles. The Balaban J connectivity index is 1.89. The largest absolute Gasteiger partial charge is 0.352 e. The van der Waals surface area contributed by atoms with E-state index in [4.69, 9.17) is 0 Å². The molecule has 130 valence electrons. The lowest BCUT2D eigenvalue weighted by molar-refractivity contribution is -0.122. The third-order valence-electron chi connectivity index (χ3n) is 4.98. The normalized spacial score (nSPS) is 18.6. The van der Waals surface area contributed by atoms with Crippen molar-refractivity contribution >= 4 is 27.5 Å². The van der Waals surface area contributed by atoms with Crippen molar-refractivity contribution in [2.45, 2.75) is 59.5 Å². The first-order valence-electron chi connectivity index (χ1n) is 8.65. The van der Waals surface area contributed by atoms with E-state index in [0.29, 0.717) is 11.8 Å². The van der Waals surface area contributed by atoms with Gasteiger partial charge in [0.2, 0.25) is 5.91 Å². The second kappa shape index (κ2) is 6.67. The summed E-state index contributed by atoms with van der Waals surface area (Å²) in [6, 6.07) is 0.0836. The number of carbonyl (C=O) groups excluding carboxylic acids is 1.